The average molecular weight is 246 g/mol. The van der Waals surface area contributed by atoms with E-state index in [0.29, 0.717) is 13.0 Å². The van der Waals surface area contributed by atoms with E-state index in [1.54, 1.807) is 7.11 Å². The Morgan fingerprint density at radius 1 is 1.33 bits per heavy atom. The van der Waals surface area contributed by atoms with Gasteiger partial charge in [0.1, 0.15) is 0 Å². The highest BCUT2D eigenvalue weighted by Crippen LogP contribution is 2.10. The van der Waals surface area contributed by atoms with Crippen LogP contribution in [-0.2, 0) is 11.2 Å². The fraction of sp³-hybridized carbons (Fsp3) is 0.357. The van der Waals surface area contributed by atoms with Crippen molar-refractivity contribution in [1.82, 2.24) is 9.78 Å². The van der Waals surface area contributed by atoms with Crippen molar-refractivity contribution in [3.05, 3.63) is 48.3 Å². The van der Waals surface area contributed by atoms with Crippen molar-refractivity contribution >= 4 is 0 Å². The number of aromatic nitrogens is 2. The Labute approximate surface area is 107 Å². The maximum absolute atomic E-state index is 9.58. The van der Waals surface area contributed by atoms with E-state index < -0.39 is 6.10 Å². The molecule has 1 aromatic heterocycles. The SMILES string of the molecule is COCC(O)CCc1cnn(-c2ccccc2)c1. The molecular weight excluding hydrogens is 228 g/mol. The molecule has 0 aliphatic carbocycles. The number of aryl methyl sites for hydroxylation is 1. The maximum Gasteiger partial charge on any atom is 0.0776 e. The van der Waals surface area contributed by atoms with Crippen molar-refractivity contribution in [3.8, 4) is 5.69 Å². The molecule has 1 N–H and O–H groups in total. The van der Waals surface area contributed by atoms with Gasteiger partial charge in [-0.3, -0.25) is 0 Å². The fourth-order valence-corrected chi connectivity index (χ4v) is 1.82. The first-order valence-corrected chi connectivity index (χ1v) is 6.05. The number of methoxy groups -OCH3 is 1. The second kappa shape index (κ2) is 6.33. The molecule has 4 heteroatoms. The number of hydrogen-bond acceptors (Lipinski definition) is 3. The van der Waals surface area contributed by atoms with Crippen LogP contribution in [0, 0.1) is 0 Å². The number of benzene rings is 1. The van der Waals surface area contributed by atoms with Crippen LogP contribution in [0.1, 0.15) is 12.0 Å². The monoisotopic (exact) mass is 246 g/mol. The van der Waals surface area contributed by atoms with Crippen molar-refractivity contribution in [2.75, 3.05) is 13.7 Å². The summed E-state index contributed by atoms with van der Waals surface area (Å²) in [4.78, 5) is 0. The van der Waals surface area contributed by atoms with E-state index in [4.69, 9.17) is 4.74 Å². The number of ether oxygens (including phenoxy) is 1. The molecule has 0 spiro atoms. The Bertz CT molecular complexity index is 468. The van der Waals surface area contributed by atoms with Gasteiger partial charge in [-0.1, -0.05) is 18.2 Å². The summed E-state index contributed by atoms with van der Waals surface area (Å²) in [6.45, 7) is 0.382. The Morgan fingerprint density at radius 3 is 2.83 bits per heavy atom. The smallest absolute Gasteiger partial charge is 0.0776 e. The lowest BCUT2D eigenvalue weighted by atomic mass is 10.1. The molecule has 96 valence electrons. The summed E-state index contributed by atoms with van der Waals surface area (Å²) in [5.74, 6) is 0. The number of hydrogen-bond donors (Lipinski definition) is 1. The van der Waals surface area contributed by atoms with Crippen LogP contribution in [0.5, 0.6) is 0 Å². The number of aliphatic hydroxyl groups is 1. The minimum absolute atomic E-state index is 0.382. The number of nitrogens with zero attached hydrogens (tertiary/aromatic N) is 2. The van der Waals surface area contributed by atoms with Gasteiger partial charge in [-0.2, -0.15) is 5.10 Å². The third kappa shape index (κ3) is 3.42. The molecule has 1 heterocycles. The summed E-state index contributed by atoms with van der Waals surface area (Å²) >= 11 is 0. The molecule has 0 bridgehead atoms. The van der Waals surface area contributed by atoms with Crippen molar-refractivity contribution in [3.63, 3.8) is 0 Å². The van der Waals surface area contributed by atoms with E-state index in [1.165, 1.54) is 0 Å². The quantitative estimate of drug-likeness (QED) is 0.845. The molecule has 1 aromatic carbocycles. The van der Waals surface area contributed by atoms with E-state index in [0.717, 1.165) is 17.7 Å². The third-order valence-electron chi connectivity index (χ3n) is 2.78. The molecule has 0 saturated heterocycles. The van der Waals surface area contributed by atoms with E-state index in [2.05, 4.69) is 5.10 Å². The number of aliphatic hydroxyl groups excluding tert-OH is 1. The van der Waals surface area contributed by atoms with E-state index in [1.807, 2.05) is 47.4 Å². The molecule has 2 aromatic rings. The van der Waals surface area contributed by atoms with Crippen LogP contribution in [0.2, 0.25) is 0 Å². The summed E-state index contributed by atoms with van der Waals surface area (Å²) in [7, 11) is 1.59. The number of para-hydroxylation sites is 1. The first-order chi connectivity index (χ1) is 8.79. The van der Waals surface area contributed by atoms with Gasteiger partial charge in [0.05, 0.1) is 24.6 Å². The van der Waals surface area contributed by atoms with Gasteiger partial charge in [-0.15, -0.1) is 0 Å². The summed E-state index contributed by atoms with van der Waals surface area (Å²) in [6, 6.07) is 9.97. The Hall–Kier alpha value is -1.65. The van der Waals surface area contributed by atoms with Gasteiger partial charge in [-0.25, -0.2) is 4.68 Å². The predicted octanol–water partition coefficient (Wildman–Crippen LogP) is 1.81. The minimum Gasteiger partial charge on any atom is -0.391 e. The first kappa shape index (κ1) is 12.8. The largest absolute Gasteiger partial charge is 0.391 e. The summed E-state index contributed by atoms with van der Waals surface area (Å²) < 4.78 is 6.74. The zero-order valence-electron chi connectivity index (χ0n) is 10.5. The maximum atomic E-state index is 9.58. The Kier molecular flexibility index (Phi) is 4.50. The van der Waals surface area contributed by atoms with Crippen molar-refractivity contribution in [1.29, 1.82) is 0 Å². The summed E-state index contributed by atoms with van der Waals surface area (Å²) in [5, 5.41) is 13.9. The molecule has 4 nitrogen and oxygen atoms in total. The standard InChI is InChI=1S/C14H18N2O2/c1-18-11-14(17)8-7-12-9-15-16(10-12)13-5-3-2-4-6-13/h2-6,9-10,14,17H,7-8,11H2,1H3. The Morgan fingerprint density at radius 2 is 2.11 bits per heavy atom. The second-order valence-electron chi connectivity index (χ2n) is 4.28. The topological polar surface area (TPSA) is 47.3 Å². The third-order valence-corrected chi connectivity index (χ3v) is 2.78. The second-order valence-corrected chi connectivity index (χ2v) is 4.28. The van der Waals surface area contributed by atoms with E-state index >= 15 is 0 Å². The van der Waals surface area contributed by atoms with Crippen LogP contribution in [0.3, 0.4) is 0 Å². The highest BCUT2D eigenvalue weighted by atomic mass is 16.5. The molecule has 0 fully saturated rings. The molecule has 0 aliphatic rings. The minimum atomic E-state index is -0.407. The highest BCUT2D eigenvalue weighted by Gasteiger charge is 2.06. The molecular formula is C14H18N2O2. The van der Waals surface area contributed by atoms with Crippen LogP contribution in [-0.4, -0.2) is 34.7 Å². The Balaban J connectivity index is 1.95. The van der Waals surface area contributed by atoms with Crippen molar-refractivity contribution in [2.24, 2.45) is 0 Å². The average Bonchev–Trinajstić information content (AvgIpc) is 2.87. The zero-order chi connectivity index (χ0) is 12.8. The lowest BCUT2D eigenvalue weighted by Crippen LogP contribution is -2.14. The molecule has 1 atom stereocenters. The van der Waals surface area contributed by atoms with Crippen molar-refractivity contribution in [2.45, 2.75) is 18.9 Å². The van der Waals surface area contributed by atoms with Crippen LogP contribution < -0.4 is 0 Å². The van der Waals surface area contributed by atoms with Gasteiger partial charge >= 0.3 is 0 Å². The van der Waals surface area contributed by atoms with Gasteiger partial charge in [0.15, 0.2) is 0 Å². The number of rotatable bonds is 6. The van der Waals surface area contributed by atoms with E-state index in [-0.39, 0.29) is 0 Å². The van der Waals surface area contributed by atoms with Crippen LogP contribution in [0.25, 0.3) is 5.69 Å². The molecule has 2 rings (SSSR count). The van der Waals surface area contributed by atoms with Gasteiger partial charge < -0.3 is 9.84 Å². The first-order valence-electron chi connectivity index (χ1n) is 6.05. The van der Waals surface area contributed by atoms with Crippen LogP contribution in [0.4, 0.5) is 0 Å². The van der Waals surface area contributed by atoms with Crippen LogP contribution in [0.15, 0.2) is 42.7 Å². The van der Waals surface area contributed by atoms with Crippen LogP contribution >= 0.6 is 0 Å². The fourth-order valence-electron chi connectivity index (χ4n) is 1.82. The highest BCUT2D eigenvalue weighted by molar-refractivity contribution is 5.30. The molecule has 0 aliphatic heterocycles. The zero-order valence-corrected chi connectivity index (χ0v) is 10.5. The molecule has 18 heavy (non-hydrogen) atoms. The molecule has 0 radical (unpaired) electrons. The van der Waals surface area contributed by atoms with E-state index in [9.17, 15) is 5.11 Å². The van der Waals surface area contributed by atoms with Gasteiger partial charge in [0, 0.05) is 13.3 Å². The summed E-state index contributed by atoms with van der Waals surface area (Å²) in [5.41, 5.74) is 2.16. The normalized spacial score (nSPS) is 12.6. The molecule has 1 unspecified atom stereocenters. The lowest BCUT2D eigenvalue weighted by Gasteiger charge is -2.07. The predicted molar refractivity (Wildman–Crippen MR) is 69.8 cm³/mol. The lowest BCUT2D eigenvalue weighted by molar-refractivity contribution is 0.0595. The van der Waals surface area contributed by atoms with Crippen molar-refractivity contribution < 1.29 is 9.84 Å². The summed E-state index contributed by atoms with van der Waals surface area (Å²) in [6.07, 6.45) is 4.92. The van der Waals surface area contributed by atoms with Gasteiger partial charge in [0.2, 0.25) is 0 Å². The molecule has 0 saturated carbocycles. The van der Waals surface area contributed by atoms with Gasteiger partial charge in [-0.05, 0) is 30.5 Å². The van der Waals surface area contributed by atoms with Gasteiger partial charge in [0.25, 0.3) is 0 Å². The molecule has 0 amide bonds.